The number of hydrogen-bond donors (Lipinski definition) is 1. The molecule has 0 atom stereocenters. The lowest BCUT2D eigenvalue weighted by molar-refractivity contribution is -0.182. The van der Waals surface area contributed by atoms with E-state index in [1.165, 1.54) is 11.3 Å². The van der Waals surface area contributed by atoms with Crippen LogP contribution in [0, 0.1) is 5.92 Å². The van der Waals surface area contributed by atoms with Gasteiger partial charge in [0.2, 0.25) is 0 Å². The normalized spacial score (nSPS) is 24.3. The molecule has 120 valence electrons. The molecule has 0 radical (unpaired) electrons. The molecule has 1 aliphatic carbocycles. The van der Waals surface area contributed by atoms with Crippen molar-refractivity contribution in [2.75, 3.05) is 0 Å². The quantitative estimate of drug-likeness (QED) is 0.904. The standard InChI is InChI=1S/C14H22F3N3S/c1-13(2,3)18-8-11-19-20-12(21-11)9-4-6-10(7-5-9)14(15,16)17/h9-10,18H,4-8H2,1-3H3. The Balaban J connectivity index is 1.88. The van der Waals surface area contributed by atoms with Gasteiger partial charge in [0.1, 0.15) is 10.0 Å². The molecule has 1 fully saturated rings. The number of rotatable bonds is 3. The Hall–Kier alpha value is -0.690. The van der Waals surface area contributed by atoms with Crippen molar-refractivity contribution in [2.24, 2.45) is 5.92 Å². The number of halogens is 3. The monoisotopic (exact) mass is 321 g/mol. The first-order valence-corrected chi connectivity index (χ1v) is 8.11. The van der Waals surface area contributed by atoms with Gasteiger partial charge in [-0.2, -0.15) is 13.2 Å². The SMILES string of the molecule is CC(C)(C)NCc1nnc(C2CCC(C(F)(F)F)CC2)s1. The Labute approximate surface area is 127 Å². The van der Waals surface area contributed by atoms with Gasteiger partial charge < -0.3 is 5.32 Å². The fourth-order valence-electron chi connectivity index (χ4n) is 2.51. The molecule has 0 unspecified atom stereocenters. The van der Waals surface area contributed by atoms with Crippen LogP contribution in [0.1, 0.15) is 62.4 Å². The van der Waals surface area contributed by atoms with Crippen LogP contribution in [-0.2, 0) is 6.54 Å². The van der Waals surface area contributed by atoms with Crippen LogP contribution in [0.3, 0.4) is 0 Å². The van der Waals surface area contributed by atoms with Gasteiger partial charge in [0.05, 0.1) is 12.5 Å². The maximum atomic E-state index is 12.7. The van der Waals surface area contributed by atoms with E-state index in [0.29, 0.717) is 19.4 Å². The third-order valence-corrected chi connectivity index (χ3v) is 4.88. The summed E-state index contributed by atoms with van der Waals surface area (Å²) in [6.45, 7) is 6.88. The van der Waals surface area contributed by atoms with Crippen LogP contribution >= 0.6 is 11.3 Å². The third-order valence-electron chi connectivity index (χ3n) is 3.79. The van der Waals surface area contributed by atoms with Crippen LogP contribution in [0.15, 0.2) is 0 Å². The lowest BCUT2D eigenvalue weighted by atomic mass is 9.82. The molecule has 1 aromatic heterocycles. The number of nitrogens with one attached hydrogen (secondary N) is 1. The molecule has 0 bridgehead atoms. The van der Waals surface area contributed by atoms with Gasteiger partial charge in [-0.1, -0.05) is 11.3 Å². The highest BCUT2D eigenvalue weighted by Gasteiger charge is 2.42. The van der Waals surface area contributed by atoms with Crippen molar-refractivity contribution in [1.29, 1.82) is 0 Å². The second kappa shape index (κ2) is 6.20. The zero-order valence-corrected chi connectivity index (χ0v) is 13.4. The Morgan fingerprint density at radius 1 is 1.10 bits per heavy atom. The number of alkyl halides is 3. The van der Waals surface area contributed by atoms with Crippen LogP contribution in [0.25, 0.3) is 0 Å². The summed E-state index contributed by atoms with van der Waals surface area (Å²) in [5, 5.41) is 13.5. The van der Waals surface area contributed by atoms with Crippen molar-refractivity contribution >= 4 is 11.3 Å². The lowest BCUT2D eigenvalue weighted by Crippen LogP contribution is -2.35. The molecular formula is C14H22F3N3S. The van der Waals surface area contributed by atoms with Crippen molar-refractivity contribution in [1.82, 2.24) is 15.5 Å². The topological polar surface area (TPSA) is 37.8 Å². The highest BCUT2D eigenvalue weighted by atomic mass is 32.1. The van der Waals surface area contributed by atoms with Crippen molar-refractivity contribution in [3.8, 4) is 0 Å². The molecule has 0 aliphatic heterocycles. The van der Waals surface area contributed by atoms with E-state index in [0.717, 1.165) is 10.0 Å². The Morgan fingerprint density at radius 2 is 1.71 bits per heavy atom. The summed E-state index contributed by atoms with van der Waals surface area (Å²) >= 11 is 1.52. The first-order valence-electron chi connectivity index (χ1n) is 7.29. The van der Waals surface area contributed by atoms with E-state index in [1.54, 1.807) is 0 Å². The largest absolute Gasteiger partial charge is 0.391 e. The molecule has 0 saturated heterocycles. The molecule has 3 nitrogen and oxygen atoms in total. The van der Waals surface area contributed by atoms with E-state index in [2.05, 4.69) is 36.3 Å². The summed E-state index contributed by atoms with van der Waals surface area (Å²) < 4.78 is 38.0. The molecule has 0 aromatic carbocycles. The van der Waals surface area contributed by atoms with E-state index in [9.17, 15) is 13.2 Å². The first-order chi connectivity index (χ1) is 9.65. The molecule has 21 heavy (non-hydrogen) atoms. The second-order valence-electron chi connectivity index (χ2n) is 6.73. The van der Waals surface area contributed by atoms with E-state index in [1.807, 2.05) is 0 Å². The van der Waals surface area contributed by atoms with Gasteiger partial charge >= 0.3 is 6.18 Å². The summed E-state index contributed by atoms with van der Waals surface area (Å²) in [5.41, 5.74) is 0.0105. The number of aromatic nitrogens is 2. The summed E-state index contributed by atoms with van der Waals surface area (Å²) in [5.74, 6) is -0.992. The minimum absolute atomic E-state index is 0.0105. The van der Waals surface area contributed by atoms with Crippen LogP contribution in [0.5, 0.6) is 0 Å². The molecule has 1 aromatic rings. The van der Waals surface area contributed by atoms with Crippen LogP contribution in [0.2, 0.25) is 0 Å². The van der Waals surface area contributed by atoms with Gasteiger partial charge in [-0.3, -0.25) is 0 Å². The van der Waals surface area contributed by atoms with Crippen LogP contribution in [-0.4, -0.2) is 21.9 Å². The van der Waals surface area contributed by atoms with Crippen molar-refractivity contribution in [2.45, 2.75) is 70.6 Å². The second-order valence-corrected chi connectivity index (χ2v) is 7.82. The summed E-state index contributed by atoms with van der Waals surface area (Å²) in [4.78, 5) is 0. The van der Waals surface area contributed by atoms with E-state index < -0.39 is 12.1 Å². The lowest BCUT2D eigenvalue weighted by Gasteiger charge is -2.28. The predicted octanol–water partition coefficient (Wildman–Crippen LogP) is 4.26. The van der Waals surface area contributed by atoms with Crippen LogP contribution < -0.4 is 5.32 Å². The molecule has 1 aliphatic rings. The zero-order valence-electron chi connectivity index (χ0n) is 12.6. The maximum Gasteiger partial charge on any atom is 0.391 e. The Morgan fingerprint density at radius 3 is 2.24 bits per heavy atom. The molecule has 7 heteroatoms. The van der Waals surface area contributed by atoms with E-state index >= 15 is 0 Å². The summed E-state index contributed by atoms with van der Waals surface area (Å²) in [6, 6.07) is 0. The first kappa shape index (κ1) is 16.7. The fraction of sp³-hybridized carbons (Fsp3) is 0.857. The van der Waals surface area contributed by atoms with Gasteiger partial charge in [0.15, 0.2) is 0 Å². The molecule has 1 heterocycles. The van der Waals surface area contributed by atoms with Gasteiger partial charge in [0.25, 0.3) is 0 Å². The molecule has 0 amide bonds. The average Bonchev–Trinajstić information content (AvgIpc) is 2.83. The Kier molecular flexibility index (Phi) is 4.92. The minimum Gasteiger partial charge on any atom is -0.306 e. The number of nitrogens with zero attached hydrogens (tertiary/aromatic N) is 2. The summed E-state index contributed by atoms with van der Waals surface area (Å²) in [6.07, 6.45) is -2.50. The van der Waals surface area contributed by atoms with Gasteiger partial charge in [0, 0.05) is 11.5 Å². The summed E-state index contributed by atoms with van der Waals surface area (Å²) in [7, 11) is 0. The molecule has 2 rings (SSSR count). The van der Waals surface area contributed by atoms with Crippen molar-refractivity contribution in [3.63, 3.8) is 0 Å². The van der Waals surface area contributed by atoms with Crippen molar-refractivity contribution < 1.29 is 13.2 Å². The fourth-order valence-corrected chi connectivity index (χ4v) is 3.46. The smallest absolute Gasteiger partial charge is 0.306 e. The third kappa shape index (κ3) is 4.92. The minimum atomic E-state index is -4.05. The van der Waals surface area contributed by atoms with Crippen molar-refractivity contribution in [3.05, 3.63) is 10.0 Å². The van der Waals surface area contributed by atoms with Gasteiger partial charge in [-0.25, -0.2) is 0 Å². The number of hydrogen-bond acceptors (Lipinski definition) is 4. The van der Waals surface area contributed by atoms with Crippen LogP contribution in [0.4, 0.5) is 13.2 Å². The molecule has 1 N–H and O–H groups in total. The van der Waals surface area contributed by atoms with Gasteiger partial charge in [-0.05, 0) is 46.5 Å². The molecular weight excluding hydrogens is 299 g/mol. The van der Waals surface area contributed by atoms with E-state index in [-0.39, 0.29) is 24.3 Å². The van der Waals surface area contributed by atoms with E-state index in [4.69, 9.17) is 0 Å². The highest BCUT2D eigenvalue weighted by molar-refractivity contribution is 7.11. The zero-order chi connectivity index (χ0) is 15.7. The molecule has 0 spiro atoms. The Bertz CT molecular complexity index is 457. The molecule has 1 saturated carbocycles. The average molecular weight is 321 g/mol. The van der Waals surface area contributed by atoms with Gasteiger partial charge in [-0.15, -0.1) is 10.2 Å². The predicted molar refractivity (Wildman–Crippen MR) is 77.3 cm³/mol. The highest BCUT2D eigenvalue weighted by Crippen LogP contribution is 2.43. The maximum absolute atomic E-state index is 12.7.